The van der Waals surface area contributed by atoms with E-state index in [1.807, 2.05) is 0 Å². The molecular formula is C13H22O7. The Hall–Kier alpha value is -0.990. The molecule has 0 amide bonds. The van der Waals surface area contributed by atoms with Crippen molar-refractivity contribution in [2.45, 2.75) is 50.1 Å². The number of aliphatic carboxylic acids is 1. The second-order valence-corrected chi connectivity index (χ2v) is 5.22. The zero-order valence-electron chi connectivity index (χ0n) is 11.1. The third-order valence-corrected chi connectivity index (χ3v) is 3.67. The molecule has 0 radical (unpaired) electrons. The van der Waals surface area contributed by atoms with Gasteiger partial charge in [0.2, 0.25) is 0 Å². The minimum Gasteiger partial charge on any atom is -0.479 e. The van der Waals surface area contributed by atoms with Crippen molar-refractivity contribution in [2.24, 2.45) is 5.92 Å². The Morgan fingerprint density at radius 3 is 2.15 bits per heavy atom. The third-order valence-electron chi connectivity index (χ3n) is 3.67. The normalized spacial score (nSPS) is 26.1. The average Bonchev–Trinajstić information content (AvgIpc) is 3.09. The number of aliphatic hydroxyl groups excluding tert-OH is 5. The minimum atomic E-state index is -2.20. The highest BCUT2D eigenvalue weighted by atomic mass is 16.4. The van der Waals surface area contributed by atoms with Crippen LogP contribution in [0.1, 0.15) is 25.7 Å². The smallest absolute Gasteiger partial charge is 0.335 e. The van der Waals surface area contributed by atoms with Gasteiger partial charge in [-0.3, -0.25) is 0 Å². The monoisotopic (exact) mass is 290 g/mol. The van der Waals surface area contributed by atoms with Crippen LogP contribution in [0.2, 0.25) is 0 Å². The lowest BCUT2D eigenvalue weighted by molar-refractivity contribution is -0.164. The van der Waals surface area contributed by atoms with Gasteiger partial charge in [-0.25, -0.2) is 4.79 Å². The highest BCUT2D eigenvalue weighted by Gasteiger charge is 2.33. The summed E-state index contributed by atoms with van der Waals surface area (Å²) in [5.74, 6) is -0.647. The minimum absolute atomic E-state index is 0.843. The molecule has 5 atom stereocenters. The average molecular weight is 290 g/mol. The number of hydrogen-bond donors (Lipinski definition) is 6. The van der Waals surface area contributed by atoms with Crippen molar-refractivity contribution in [3.63, 3.8) is 0 Å². The van der Waals surface area contributed by atoms with Crippen LogP contribution in [0.25, 0.3) is 0 Å². The summed E-state index contributed by atoms with van der Waals surface area (Å²) in [6.45, 7) is -0.843. The first kappa shape index (κ1) is 17.1. The highest BCUT2D eigenvalue weighted by Crippen LogP contribution is 2.38. The van der Waals surface area contributed by atoms with E-state index in [2.05, 4.69) is 6.08 Å². The molecule has 0 spiro atoms. The Morgan fingerprint density at radius 2 is 1.90 bits per heavy atom. The highest BCUT2D eigenvalue weighted by molar-refractivity contribution is 5.72. The van der Waals surface area contributed by atoms with Gasteiger partial charge in [-0.05, 0) is 31.6 Å². The quantitative estimate of drug-likeness (QED) is 0.343. The molecular weight excluding hydrogens is 268 g/mol. The zero-order valence-corrected chi connectivity index (χ0v) is 11.1. The van der Waals surface area contributed by atoms with Crippen LogP contribution < -0.4 is 0 Å². The Labute approximate surface area is 116 Å². The van der Waals surface area contributed by atoms with E-state index in [0.717, 1.165) is 5.92 Å². The first-order valence-corrected chi connectivity index (χ1v) is 6.60. The van der Waals surface area contributed by atoms with Gasteiger partial charge in [0.05, 0.1) is 6.61 Å². The number of fused-ring (bicyclic) bond motifs is 2. The molecule has 0 heterocycles. The van der Waals surface area contributed by atoms with Gasteiger partial charge in [-0.1, -0.05) is 11.6 Å². The number of hydrogen-bond acceptors (Lipinski definition) is 6. The van der Waals surface area contributed by atoms with E-state index >= 15 is 0 Å². The van der Waals surface area contributed by atoms with Crippen molar-refractivity contribution in [1.29, 1.82) is 0 Å². The first-order valence-electron chi connectivity index (χ1n) is 6.60. The lowest BCUT2D eigenvalue weighted by Crippen LogP contribution is -2.48. The molecule has 0 aliphatic heterocycles. The predicted molar refractivity (Wildman–Crippen MR) is 68.8 cm³/mol. The fourth-order valence-electron chi connectivity index (χ4n) is 2.35. The number of aliphatic hydroxyl groups is 5. The standard InChI is InChI=1S/C7H10.C6H12O7/c1-2-7-4-3-6(1)5-7;7-1-2(8)3(9)4(10)5(11)6(12)13/h1,7H,2-5H2;2-5,7-11H,1H2,(H,12,13)/t;2-,3-,4+,5-/m.1/s1. The Morgan fingerprint density at radius 1 is 1.25 bits per heavy atom. The molecule has 2 rings (SSSR count). The molecule has 0 aromatic rings. The first-order chi connectivity index (χ1) is 9.36. The van der Waals surface area contributed by atoms with Crippen LogP contribution in [0.15, 0.2) is 11.6 Å². The summed E-state index contributed by atoms with van der Waals surface area (Å²) in [7, 11) is 0. The molecule has 1 unspecified atom stereocenters. The molecule has 2 bridgehead atoms. The van der Waals surface area contributed by atoms with Crippen LogP contribution >= 0.6 is 0 Å². The van der Waals surface area contributed by atoms with Gasteiger partial charge in [0.1, 0.15) is 18.3 Å². The van der Waals surface area contributed by atoms with E-state index in [1.54, 1.807) is 5.57 Å². The topological polar surface area (TPSA) is 138 Å². The van der Waals surface area contributed by atoms with E-state index < -0.39 is 37.0 Å². The summed E-state index contributed by atoms with van der Waals surface area (Å²) in [6.07, 6.45) is 0.343. The van der Waals surface area contributed by atoms with Gasteiger partial charge < -0.3 is 30.6 Å². The fraction of sp³-hybridized carbons (Fsp3) is 0.769. The summed E-state index contributed by atoms with van der Waals surface area (Å²) < 4.78 is 0. The van der Waals surface area contributed by atoms with Gasteiger partial charge in [0, 0.05) is 0 Å². The zero-order chi connectivity index (χ0) is 15.3. The maximum absolute atomic E-state index is 10.1. The van der Waals surface area contributed by atoms with Crippen LogP contribution in [0.4, 0.5) is 0 Å². The number of carboxylic acids is 1. The SMILES string of the molecule is C1=C2CCC(C1)C2.O=C(O)[C@H](O)[C@@H](O)[C@H](O)[C@H](O)CO. The van der Waals surface area contributed by atoms with E-state index in [-0.39, 0.29) is 0 Å². The van der Waals surface area contributed by atoms with Crippen molar-refractivity contribution < 1.29 is 35.4 Å². The van der Waals surface area contributed by atoms with Crippen molar-refractivity contribution >= 4 is 5.97 Å². The van der Waals surface area contributed by atoms with E-state index in [1.165, 1.54) is 25.7 Å². The Bertz CT molecular complexity index is 355. The summed E-state index contributed by atoms with van der Waals surface area (Å²) in [4.78, 5) is 10.1. The molecule has 1 fully saturated rings. The maximum Gasteiger partial charge on any atom is 0.335 e. The lowest BCUT2D eigenvalue weighted by Gasteiger charge is -2.23. The summed E-state index contributed by atoms with van der Waals surface area (Å²) in [5, 5.41) is 51.8. The molecule has 2 aliphatic rings. The second-order valence-electron chi connectivity index (χ2n) is 5.22. The molecule has 0 saturated heterocycles. The molecule has 116 valence electrons. The molecule has 0 aromatic heterocycles. The van der Waals surface area contributed by atoms with Crippen molar-refractivity contribution in [1.82, 2.24) is 0 Å². The third kappa shape index (κ3) is 4.53. The molecule has 7 nitrogen and oxygen atoms in total. The van der Waals surface area contributed by atoms with Crippen LogP contribution in [0.5, 0.6) is 0 Å². The number of rotatable bonds is 5. The number of carbonyl (C=O) groups is 1. The summed E-state index contributed by atoms with van der Waals surface area (Å²) in [6, 6.07) is 0. The predicted octanol–water partition coefficient (Wildman–Crippen LogP) is -1.38. The van der Waals surface area contributed by atoms with Crippen molar-refractivity contribution in [2.75, 3.05) is 6.61 Å². The molecule has 2 aliphatic carbocycles. The lowest BCUT2D eigenvalue weighted by atomic mass is 10.0. The van der Waals surface area contributed by atoms with E-state index in [9.17, 15) is 4.79 Å². The fourth-order valence-corrected chi connectivity index (χ4v) is 2.35. The Balaban J connectivity index is 0.000000233. The second kappa shape index (κ2) is 7.70. The number of carboxylic acid groups (broad SMARTS) is 1. The molecule has 6 N–H and O–H groups in total. The maximum atomic E-state index is 10.1. The van der Waals surface area contributed by atoms with Gasteiger partial charge in [-0.15, -0.1) is 0 Å². The number of allylic oxidation sites excluding steroid dienone is 2. The van der Waals surface area contributed by atoms with Crippen LogP contribution in [-0.4, -0.2) is 67.6 Å². The van der Waals surface area contributed by atoms with Crippen molar-refractivity contribution in [3.8, 4) is 0 Å². The van der Waals surface area contributed by atoms with Crippen LogP contribution in [0.3, 0.4) is 0 Å². The summed E-state index contributed by atoms with van der Waals surface area (Å²) >= 11 is 0. The van der Waals surface area contributed by atoms with Gasteiger partial charge in [0.15, 0.2) is 6.10 Å². The van der Waals surface area contributed by atoms with Crippen molar-refractivity contribution in [3.05, 3.63) is 11.6 Å². The molecule has 0 aromatic carbocycles. The van der Waals surface area contributed by atoms with Gasteiger partial charge in [-0.2, -0.15) is 0 Å². The van der Waals surface area contributed by atoms with Crippen LogP contribution in [-0.2, 0) is 4.79 Å². The largest absolute Gasteiger partial charge is 0.479 e. The van der Waals surface area contributed by atoms with Crippen LogP contribution in [0, 0.1) is 5.92 Å². The summed E-state index contributed by atoms with van der Waals surface area (Å²) in [5.41, 5.74) is 1.74. The Kier molecular flexibility index (Phi) is 6.57. The molecule has 20 heavy (non-hydrogen) atoms. The molecule has 7 heteroatoms. The van der Waals surface area contributed by atoms with E-state index in [4.69, 9.17) is 30.6 Å². The van der Waals surface area contributed by atoms with E-state index in [0.29, 0.717) is 0 Å². The van der Waals surface area contributed by atoms with Gasteiger partial charge >= 0.3 is 5.97 Å². The molecule has 1 saturated carbocycles. The van der Waals surface area contributed by atoms with Gasteiger partial charge in [0.25, 0.3) is 0 Å².